The van der Waals surface area contributed by atoms with Gasteiger partial charge in [-0.2, -0.15) is 0 Å². The van der Waals surface area contributed by atoms with Gasteiger partial charge in [0.15, 0.2) is 6.61 Å². The predicted octanol–water partition coefficient (Wildman–Crippen LogP) is 3.67. The lowest BCUT2D eigenvalue weighted by Crippen LogP contribution is -2.41. The molecule has 7 heteroatoms. The van der Waals surface area contributed by atoms with Gasteiger partial charge in [0.25, 0.3) is 5.92 Å². The zero-order valence-electron chi connectivity index (χ0n) is 13.4. The smallest absolute Gasteiger partial charge is 0.488 e. The van der Waals surface area contributed by atoms with Crippen molar-refractivity contribution in [3.05, 3.63) is 23.2 Å². The van der Waals surface area contributed by atoms with Gasteiger partial charge in [-0.25, -0.2) is 8.78 Å². The third-order valence-corrected chi connectivity index (χ3v) is 4.20. The summed E-state index contributed by atoms with van der Waals surface area (Å²) in [6, 6.07) is 4.82. The monoisotopic (exact) mass is 332 g/mol. The maximum absolute atomic E-state index is 13.0. The van der Waals surface area contributed by atoms with Gasteiger partial charge in [0.1, 0.15) is 5.75 Å². The van der Waals surface area contributed by atoms with E-state index < -0.39 is 30.8 Å². The first-order valence-electron chi connectivity index (χ1n) is 7.07. The highest BCUT2D eigenvalue weighted by atomic mass is 35.5. The molecule has 0 saturated carbocycles. The highest BCUT2D eigenvalue weighted by molar-refractivity contribution is 6.63. The van der Waals surface area contributed by atoms with Crippen molar-refractivity contribution in [3.63, 3.8) is 0 Å². The lowest BCUT2D eigenvalue weighted by Gasteiger charge is -2.32. The summed E-state index contributed by atoms with van der Waals surface area (Å²) in [7, 11) is -0.692. The Morgan fingerprint density at radius 1 is 1.18 bits per heavy atom. The van der Waals surface area contributed by atoms with Gasteiger partial charge in [-0.15, -0.1) is 0 Å². The summed E-state index contributed by atoms with van der Waals surface area (Å²) in [5.74, 6) is -2.69. The molecule has 1 aliphatic heterocycles. The van der Waals surface area contributed by atoms with Gasteiger partial charge in [-0.1, -0.05) is 17.7 Å². The maximum Gasteiger partial charge on any atom is 0.498 e. The molecule has 1 aliphatic rings. The van der Waals surface area contributed by atoms with Crippen LogP contribution in [-0.2, 0) is 9.31 Å². The van der Waals surface area contributed by atoms with Crippen LogP contribution in [0.15, 0.2) is 18.2 Å². The average Bonchev–Trinajstić information content (AvgIpc) is 2.55. The Hall–Kier alpha value is -0.845. The van der Waals surface area contributed by atoms with Crippen molar-refractivity contribution in [2.75, 3.05) is 6.61 Å². The molecule has 0 amide bonds. The summed E-state index contributed by atoms with van der Waals surface area (Å²) < 4.78 is 43.2. The SMILES string of the molecule is CC(F)(F)COc1cc(Cl)ccc1B1OC(C)(C)C(C)(C)O1. The second kappa shape index (κ2) is 5.66. The van der Waals surface area contributed by atoms with Crippen LogP contribution < -0.4 is 10.2 Å². The van der Waals surface area contributed by atoms with Gasteiger partial charge in [-0.05, 0) is 39.8 Å². The number of hydrogen-bond donors (Lipinski definition) is 0. The Bertz CT molecular complexity index is 542. The van der Waals surface area contributed by atoms with Crippen LogP contribution in [0.1, 0.15) is 34.6 Å². The molecule has 1 aromatic carbocycles. The van der Waals surface area contributed by atoms with Crippen LogP contribution in [-0.4, -0.2) is 30.8 Å². The van der Waals surface area contributed by atoms with E-state index in [1.807, 2.05) is 27.7 Å². The van der Waals surface area contributed by atoms with E-state index in [9.17, 15) is 8.78 Å². The summed E-state index contributed by atoms with van der Waals surface area (Å²) in [4.78, 5) is 0. The Balaban J connectivity index is 2.28. The third-order valence-electron chi connectivity index (χ3n) is 3.96. The molecule has 1 aromatic rings. The van der Waals surface area contributed by atoms with Gasteiger partial charge in [0, 0.05) is 17.4 Å². The van der Waals surface area contributed by atoms with Crippen LogP contribution in [0.2, 0.25) is 5.02 Å². The van der Waals surface area contributed by atoms with E-state index in [4.69, 9.17) is 25.6 Å². The number of hydrogen-bond acceptors (Lipinski definition) is 3. The molecule has 1 saturated heterocycles. The molecule has 0 N–H and O–H groups in total. The van der Waals surface area contributed by atoms with Crippen molar-refractivity contribution in [2.45, 2.75) is 51.7 Å². The fraction of sp³-hybridized carbons (Fsp3) is 0.600. The molecule has 1 fully saturated rings. The number of rotatable bonds is 4. The van der Waals surface area contributed by atoms with Crippen molar-refractivity contribution in [1.82, 2.24) is 0 Å². The fourth-order valence-corrected chi connectivity index (χ4v) is 2.16. The Morgan fingerprint density at radius 2 is 1.73 bits per heavy atom. The van der Waals surface area contributed by atoms with E-state index in [2.05, 4.69) is 0 Å². The first kappa shape index (κ1) is 17.5. The molecule has 122 valence electrons. The van der Waals surface area contributed by atoms with Gasteiger partial charge < -0.3 is 14.0 Å². The second-order valence-corrected chi connectivity index (χ2v) is 7.07. The standard InChI is InChI=1S/C15H20BClF2O3/c1-13(2)14(3,4)22-16(21-13)11-7-6-10(17)8-12(11)20-9-15(5,18)19/h6-8H,9H2,1-5H3. The molecular formula is C15H20BClF2O3. The molecule has 0 atom stereocenters. The highest BCUT2D eigenvalue weighted by Crippen LogP contribution is 2.37. The van der Waals surface area contributed by atoms with Crippen molar-refractivity contribution < 1.29 is 22.8 Å². The summed E-state index contributed by atoms with van der Waals surface area (Å²) in [6.45, 7) is 7.74. The van der Waals surface area contributed by atoms with Gasteiger partial charge in [0.05, 0.1) is 11.2 Å². The van der Waals surface area contributed by atoms with Crippen molar-refractivity contribution in [3.8, 4) is 5.75 Å². The molecule has 0 bridgehead atoms. The lowest BCUT2D eigenvalue weighted by molar-refractivity contribution is -0.0227. The maximum atomic E-state index is 13.0. The van der Waals surface area contributed by atoms with Crippen LogP contribution in [0.3, 0.4) is 0 Å². The van der Waals surface area contributed by atoms with Crippen LogP contribution in [0.25, 0.3) is 0 Å². The molecule has 1 heterocycles. The number of ether oxygens (including phenoxy) is 1. The molecule has 22 heavy (non-hydrogen) atoms. The summed E-state index contributed by atoms with van der Waals surface area (Å²) in [5, 5.41) is 0.398. The molecule has 0 aromatic heterocycles. The first-order chi connectivity index (χ1) is 9.91. The Kier molecular flexibility index (Phi) is 4.50. The van der Waals surface area contributed by atoms with Gasteiger partial charge in [0.2, 0.25) is 0 Å². The molecule has 0 radical (unpaired) electrons. The summed E-state index contributed by atoms with van der Waals surface area (Å²) in [5.41, 5.74) is -0.501. The molecule has 2 rings (SSSR count). The number of benzene rings is 1. The summed E-state index contributed by atoms with van der Waals surface area (Å²) in [6.07, 6.45) is 0. The second-order valence-electron chi connectivity index (χ2n) is 6.63. The zero-order chi connectivity index (χ0) is 16.8. The van der Waals surface area contributed by atoms with Gasteiger partial charge >= 0.3 is 7.12 Å². The Labute approximate surface area is 135 Å². The third kappa shape index (κ3) is 3.73. The van der Waals surface area contributed by atoms with Crippen molar-refractivity contribution >= 4 is 24.2 Å². The predicted molar refractivity (Wildman–Crippen MR) is 83.3 cm³/mol. The van der Waals surface area contributed by atoms with E-state index in [1.165, 1.54) is 6.07 Å². The van der Waals surface area contributed by atoms with Crippen LogP contribution in [0.5, 0.6) is 5.75 Å². The number of halogens is 3. The van der Waals surface area contributed by atoms with E-state index >= 15 is 0 Å². The molecule has 0 aliphatic carbocycles. The normalized spacial score (nSPS) is 20.3. The minimum Gasteiger partial charge on any atom is -0.488 e. The van der Waals surface area contributed by atoms with Crippen molar-refractivity contribution in [2.24, 2.45) is 0 Å². The van der Waals surface area contributed by atoms with Crippen molar-refractivity contribution in [1.29, 1.82) is 0 Å². The lowest BCUT2D eigenvalue weighted by atomic mass is 9.78. The quantitative estimate of drug-likeness (QED) is 0.787. The van der Waals surface area contributed by atoms with Crippen LogP contribution in [0, 0.1) is 0 Å². The zero-order valence-corrected chi connectivity index (χ0v) is 14.1. The number of alkyl halides is 2. The van der Waals surface area contributed by atoms with E-state index in [0.717, 1.165) is 6.92 Å². The molecular weight excluding hydrogens is 312 g/mol. The average molecular weight is 333 g/mol. The fourth-order valence-electron chi connectivity index (χ4n) is 2.00. The van der Waals surface area contributed by atoms with Crippen LogP contribution >= 0.6 is 11.6 Å². The Morgan fingerprint density at radius 3 is 2.23 bits per heavy atom. The molecule has 0 spiro atoms. The molecule has 3 nitrogen and oxygen atoms in total. The first-order valence-corrected chi connectivity index (χ1v) is 7.45. The minimum atomic E-state index is -2.94. The van der Waals surface area contributed by atoms with E-state index in [-0.39, 0.29) is 5.75 Å². The highest BCUT2D eigenvalue weighted by Gasteiger charge is 2.52. The minimum absolute atomic E-state index is 0.243. The topological polar surface area (TPSA) is 27.7 Å². The van der Waals surface area contributed by atoms with E-state index in [1.54, 1.807) is 12.1 Å². The summed E-state index contributed by atoms with van der Waals surface area (Å²) >= 11 is 5.94. The van der Waals surface area contributed by atoms with E-state index in [0.29, 0.717) is 10.5 Å². The molecule has 0 unspecified atom stereocenters. The largest absolute Gasteiger partial charge is 0.498 e. The van der Waals surface area contributed by atoms with Gasteiger partial charge in [-0.3, -0.25) is 0 Å². The van der Waals surface area contributed by atoms with Crippen LogP contribution in [0.4, 0.5) is 8.78 Å².